The van der Waals surface area contributed by atoms with E-state index in [1.165, 1.54) is 37.7 Å². The molecule has 0 heterocycles. The predicted molar refractivity (Wildman–Crippen MR) is 71.4 cm³/mol. The molecule has 1 aliphatic rings. The van der Waals surface area contributed by atoms with E-state index in [0.29, 0.717) is 0 Å². The average molecular weight is 257 g/mol. The monoisotopic (exact) mass is 256 g/mol. The van der Waals surface area contributed by atoms with Crippen LogP contribution >= 0.6 is 23.2 Å². The van der Waals surface area contributed by atoms with Gasteiger partial charge in [0, 0.05) is 10.4 Å². The molecule has 88 valence electrons. The maximum Gasteiger partial charge on any atom is 0.0406 e. The second-order valence-electron chi connectivity index (χ2n) is 4.81. The summed E-state index contributed by atoms with van der Waals surface area (Å²) in [5.41, 5.74) is 1.29. The van der Waals surface area contributed by atoms with Gasteiger partial charge < -0.3 is 0 Å². The first kappa shape index (κ1) is 12.3. The molecule has 1 saturated carbocycles. The van der Waals surface area contributed by atoms with Gasteiger partial charge in [0.1, 0.15) is 0 Å². The molecule has 0 aliphatic heterocycles. The molecule has 1 aromatic carbocycles. The van der Waals surface area contributed by atoms with Crippen molar-refractivity contribution in [2.75, 3.05) is 0 Å². The van der Waals surface area contributed by atoms with Crippen LogP contribution in [0.15, 0.2) is 24.3 Å². The molecule has 0 amide bonds. The SMILES string of the molecule is Clc1ccc(CC(Cl)CC2CCCC2)cc1. The zero-order valence-electron chi connectivity index (χ0n) is 9.46. The van der Waals surface area contributed by atoms with Crippen LogP contribution in [0.2, 0.25) is 5.02 Å². The van der Waals surface area contributed by atoms with Gasteiger partial charge in [-0.15, -0.1) is 11.6 Å². The van der Waals surface area contributed by atoms with Crippen molar-refractivity contribution >= 4 is 23.2 Å². The number of hydrogen-bond donors (Lipinski definition) is 0. The molecule has 2 heteroatoms. The third-order valence-electron chi connectivity index (χ3n) is 3.43. The molecule has 1 atom stereocenters. The van der Waals surface area contributed by atoms with Gasteiger partial charge in [-0.05, 0) is 36.5 Å². The highest BCUT2D eigenvalue weighted by Gasteiger charge is 2.18. The molecule has 1 aliphatic carbocycles. The van der Waals surface area contributed by atoms with Crippen LogP contribution in [0.3, 0.4) is 0 Å². The van der Waals surface area contributed by atoms with E-state index in [4.69, 9.17) is 23.2 Å². The lowest BCUT2D eigenvalue weighted by molar-refractivity contribution is 0.488. The molecule has 0 aromatic heterocycles. The Bertz CT molecular complexity index is 312. The minimum absolute atomic E-state index is 0.282. The fourth-order valence-electron chi connectivity index (χ4n) is 2.57. The smallest absolute Gasteiger partial charge is 0.0406 e. The van der Waals surface area contributed by atoms with E-state index < -0.39 is 0 Å². The van der Waals surface area contributed by atoms with Crippen molar-refractivity contribution in [3.63, 3.8) is 0 Å². The Morgan fingerprint density at radius 3 is 2.38 bits per heavy atom. The molecule has 16 heavy (non-hydrogen) atoms. The highest BCUT2D eigenvalue weighted by molar-refractivity contribution is 6.30. The molecule has 1 aromatic rings. The standard InChI is InChI=1S/C14H18Cl2/c15-13-7-5-12(6-8-13)10-14(16)9-11-3-1-2-4-11/h5-8,11,14H,1-4,9-10H2. The minimum atomic E-state index is 0.282. The summed E-state index contributed by atoms with van der Waals surface area (Å²) in [4.78, 5) is 0. The molecule has 0 saturated heterocycles. The topological polar surface area (TPSA) is 0 Å². The van der Waals surface area contributed by atoms with Gasteiger partial charge in [0.25, 0.3) is 0 Å². The first-order valence-electron chi connectivity index (χ1n) is 6.12. The Labute approximate surface area is 108 Å². The Morgan fingerprint density at radius 2 is 1.75 bits per heavy atom. The second kappa shape index (κ2) is 5.93. The average Bonchev–Trinajstić information content (AvgIpc) is 2.74. The first-order chi connectivity index (χ1) is 7.74. The molecule has 1 fully saturated rings. The molecule has 0 radical (unpaired) electrons. The van der Waals surface area contributed by atoms with E-state index in [2.05, 4.69) is 12.1 Å². The van der Waals surface area contributed by atoms with Crippen LogP contribution in [0, 0.1) is 5.92 Å². The lowest BCUT2D eigenvalue weighted by atomic mass is 9.98. The third-order valence-corrected chi connectivity index (χ3v) is 4.02. The summed E-state index contributed by atoms with van der Waals surface area (Å²) in [5, 5.41) is 1.08. The summed E-state index contributed by atoms with van der Waals surface area (Å²) in [7, 11) is 0. The van der Waals surface area contributed by atoms with Gasteiger partial charge in [-0.25, -0.2) is 0 Å². The number of rotatable bonds is 4. The molecule has 0 nitrogen and oxygen atoms in total. The maximum absolute atomic E-state index is 6.40. The van der Waals surface area contributed by atoms with Crippen LogP contribution in [0.5, 0.6) is 0 Å². The summed E-state index contributed by atoms with van der Waals surface area (Å²) in [5.74, 6) is 0.870. The lowest BCUT2D eigenvalue weighted by Gasteiger charge is -2.14. The summed E-state index contributed by atoms with van der Waals surface area (Å²) < 4.78 is 0. The Balaban J connectivity index is 1.81. The van der Waals surface area contributed by atoms with Gasteiger partial charge in [0.05, 0.1) is 0 Å². The number of benzene rings is 1. The third kappa shape index (κ3) is 3.68. The fourth-order valence-corrected chi connectivity index (χ4v) is 3.12. The normalized spacial score (nSPS) is 18.9. The van der Waals surface area contributed by atoms with Gasteiger partial charge in [0.15, 0.2) is 0 Å². The predicted octanol–water partition coefficient (Wildman–Crippen LogP) is 5.07. The van der Waals surface area contributed by atoms with Crippen molar-refractivity contribution in [3.8, 4) is 0 Å². The molecular formula is C14H18Cl2. The van der Waals surface area contributed by atoms with Crippen LogP contribution in [0.4, 0.5) is 0 Å². The molecule has 0 bridgehead atoms. The second-order valence-corrected chi connectivity index (χ2v) is 5.87. The van der Waals surface area contributed by atoms with Gasteiger partial charge >= 0.3 is 0 Å². The molecule has 2 rings (SSSR count). The lowest BCUT2D eigenvalue weighted by Crippen LogP contribution is -2.08. The van der Waals surface area contributed by atoms with Crippen molar-refractivity contribution in [3.05, 3.63) is 34.9 Å². The quantitative estimate of drug-likeness (QED) is 0.660. The van der Waals surface area contributed by atoms with E-state index in [-0.39, 0.29) is 5.38 Å². The van der Waals surface area contributed by atoms with Crippen molar-refractivity contribution in [1.29, 1.82) is 0 Å². The maximum atomic E-state index is 6.40. The van der Waals surface area contributed by atoms with E-state index >= 15 is 0 Å². The van der Waals surface area contributed by atoms with Crippen LogP contribution in [0.25, 0.3) is 0 Å². The number of halogens is 2. The van der Waals surface area contributed by atoms with Gasteiger partial charge in [-0.3, -0.25) is 0 Å². The minimum Gasteiger partial charge on any atom is -0.123 e. The number of hydrogen-bond acceptors (Lipinski definition) is 0. The van der Waals surface area contributed by atoms with Crippen LogP contribution in [0.1, 0.15) is 37.7 Å². The fraction of sp³-hybridized carbons (Fsp3) is 0.571. The van der Waals surface area contributed by atoms with Crippen LogP contribution in [-0.4, -0.2) is 5.38 Å². The van der Waals surface area contributed by atoms with E-state index in [1.54, 1.807) is 0 Å². The molecule has 1 unspecified atom stereocenters. The van der Waals surface area contributed by atoms with Crippen molar-refractivity contribution in [1.82, 2.24) is 0 Å². The van der Waals surface area contributed by atoms with E-state index in [0.717, 1.165) is 17.4 Å². The molecular weight excluding hydrogens is 239 g/mol. The molecule has 0 spiro atoms. The van der Waals surface area contributed by atoms with Gasteiger partial charge in [0.2, 0.25) is 0 Å². The van der Waals surface area contributed by atoms with Crippen molar-refractivity contribution in [2.24, 2.45) is 5.92 Å². The summed E-state index contributed by atoms with van der Waals surface area (Å²) in [6.45, 7) is 0. The highest BCUT2D eigenvalue weighted by atomic mass is 35.5. The largest absolute Gasteiger partial charge is 0.123 e. The first-order valence-corrected chi connectivity index (χ1v) is 6.94. The summed E-state index contributed by atoms with van der Waals surface area (Å²) in [6, 6.07) is 8.03. The Kier molecular flexibility index (Phi) is 4.55. The summed E-state index contributed by atoms with van der Waals surface area (Å²) in [6.07, 6.45) is 7.69. The van der Waals surface area contributed by atoms with Crippen molar-refractivity contribution in [2.45, 2.75) is 43.9 Å². The van der Waals surface area contributed by atoms with E-state index in [9.17, 15) is 0 Å². The van der Waals surface area contributed by atoms with Gasteiger partial charge in [-0.1, -0.05) is 49.4 Å². The highest BCUT2D eigenvalue weighted by Crippen LogP contribution is 2.30. The summed E-state index contributed by atoms with van der Waals surface area (Å²) >= 11 is 12.3. The molecule has 0 N–H and O–H groups in total. The van der Waals surface area contributed by atoms with Crippen molar-refractivity contribution < 1.29 is 0 Å². The van der Waals surface area contributed by atoms with Crippen LogP contribution < -0.4 is 0 Å². The number of alkyl halides is 1. The Morgan fingerprint density at radius 1 is 1.12 bits per heavy atom. The zero-order valence-corrected chi connectivity index (χ0v) is 11.0. The van der Waals surface area contributed by atoms with E-state index in [1.807, 2.05) is 12.1 Å². The van der Waals surface area contributed by atoms with Gasteiger partial charge in [-0.2, -0.15) is 0 Å². The zero-order chi connectivity index (χ0) is 11.4. The van der Waals surface area contributed by atoms with Crippen LogP contribution in [-0.2, 0) is 6.42 Å². The Hall–Kier alpha value is -0.200.